The second-order valence-electron chi connectivity index (χ2n) is 4.36. The maximum Gasteiger partial charge on any atom is 0.122 e. The Bertz CT molecular complexity index is 578. The molecule has 3 rings (SSSR count). The predicted octanol–water partition coefficient (Wildman–Crippen LogP) is 2.57. The van der Waals surface area contributed by atoms with E-state index in [9.17, 15) is 0 Å². The highest BCUT2D eigenvalue weighted by molar-refractivity contribution is 5.67. The summed E-state index contributed by atoms with van der Waals surface area (Å²) in [5.74, 6) is 1.00. The Hall–Kier alpha value is -2.03. The van der Waals surface area contributed by atoms with Crippen LogP contribution in [0.3, 0.4) is 0 Å². The van der Waals surface area contributed by atoms with Crippen LogP contribution in [0.2, 0.25) is 0 Å². The highest BCUT2D eigenvalue weighted by atomic mass is 16.5. The summed E-state index contributed by atoms with van der Waals surface area (Å²) in [4.78, 5) is 4.41. The van der Waals surface area contributed by atoms with Crippen molar-refractivity contribution in [2.24, 2.45) is 0 Å². The van der Waals surface area contributed by atoms with Crippen molar-refractivity contribution in [3.8, 4) is 17.0 Å². The van der Waals surface area contributed by atoms with Gasteiger partial charge in [-0.2, -0.15) is 0 Å². The first-order chi connectivity index (χ1) is 8.24. The third-order valence-electron chi connectivity index (χ3n) is 3.06. The highest BCUT2D eigenvalue weighted by Crippen LogP contribution is 2.31. The maximum absolute atomic E-state index is 5.71. The van der Waals surface area contributed by atoms with Crippen LogP contribution in [0.15, 0.2) is 30.5 Å². The minimum atomic E-state index is 0.704. The Morgan fingerprint density at radius 2 is 2.18 bits per heavy atom. The minimum absolute atomic E-state index is 0.704. The SMILES string of the molecule is Cc1cc(N)cnc1-c1ccc2c(c1)CCO2. The molecule has 0 fully saturated rings. The molecule has 1 aliphatic rings. The van der Waals surface area contributed by atoms with Gasteiger partial charge in [0.1, 0.15) is 5.75 Å². The van der Waals surface area contributed by atoms with Gasteiger partial charge < -0.3 is 10.5 Å². The molecule has 86 valence electrons. The van der Waals surface area contributed by atoms with E-state index in [1.807, 2.05) is 19.1 Å². The summed E-state index contributed by atoms with van der Waals surface area (Å²) in [6, 6.07) is 8.19. The summed E-state index contributed by atoms with van der Waals surface area (Å²) in [6.45, 7) is 2.81. The van der Waals surface area contributed by atoms with Crippen molar-refractivity contribution in [3.05, 3.63) is 41.6 Å². The number of nitrogen functional groups attached to an aromatic ring is 1. The normalized spacial score (nSPS) is 13.2. The first kappa shape index (κ1) is 10.1. The van der Waals surface area contributed by atoms with E-state index in [0.717, 1.165) is 35.6 Å². The Kier molecular flexibility index (Phi) is 2.25. The van der Waals surface area contributed by atoms with Gasteiger partial charge >= 0.3 is 0 Å². The molecular formula is C14H14N2O. The van der Waals surface area contributed by atoms with Gasteiger partial charge in [0.15, 0.2) is 0 Å². The number of hydrogen-bond acceptors (Lipinski definition) is 3. The van der Waals surface area contributed by atoms with E-state index >= 15 is 0 Å². The molecule has 0 bridgehead atoms. The number of hydrogen-bond donors (Lipinski definition) is 1. The van der Waals surface area contributed by atoms with Gasteiger partial charge in [0, 0.05) is 12.0 Å². The average Bonchev–Trinajstić information content (AvgIpc) is 2.75. The molecule has 1 aromatic heterocycles. The topological polar surface area (TPSA) is 48.1 Å². The molecule has 1 aliphatic heterocycles. The quantitative estimate of drug-likeness (QED) is 0.813. The number of fused-ring (bicyclic) bond motifs is 1. The smallest absolute Gasteiger partial charge is 0.122 e. The molecule has 2 aromatic rings. The molecule has 2 N–H and O–H groups in total. The van der Waals surface area contributed by atoms with E-state index in [-0.39, 0.29) is 0 Å². The van der Waals surface area contributed by atoms with E-state index < -0.39 is 0 Å². The molecule has 17 heavy (non-hydrogen) atoms. The summed E-state index contributed by atoms with van der Waals surface area (Å²) in [5, 5.41) is 0. The summed E-state index contributed by atoms with van der Waals surface area (Å²) >= 11 is 0. The van der Waals surface area contributed by atoms with E-state index in [1.54, 1.807) is 6.20 Å². The number of anilines is 1. The second-order valence-corrected chi connectivity index (χ2v) is 4.36. The zero-order valence-electron chi connectivity index (χ0n) is 9.73. The largest absolute Gasteiger partial charge is 0.493 e. The van der Waals surface area contributed by atoms with Crippen LogP contribution in [-0.2, 0) is 6.42 Å². The summed E-state index contributed by atoms with van der Waals surface area (Å²) < 4.78 is 5.50. The van der Waals surface area contributed by atoms with Crippen LogP contribution in [0, 0.1) is 6.92 Å². The van der Waals surface area contributed by atoms with Gasteiger partial charge in [-0.1, -0.05) is 0 Å². The first-order valence-corrected chi connectivity index (χ1v) is 5.72. The lowest BCUT2D eigenvalue weighted by Crippen LogP contribution is -1.93. The zero-order valence-corrected chi connectivity index (χ0v) is 9.73. The molecule has 0 unspecified atom stereocenters. The number of rotatable bonds is 1. The monoisotopic (exact) mass is 226 g/mol. The van der Waals surface area contributed by atoms with Crippen LogP contribution in [0.5, 0.6) is 5.75 Å². The first-order valence-electron chi connectivity index (χ1n) is 5.72. The molecule has 0 aliphatic carbocycles. The van der Waals surface area contributed by atoms with Crippen LogP contribution < -0.4 is 10.5 Å². The fourth-order valence-corrected chi connectivity index (χ4v) is 2.23. The third kappa shape index (κ3) is 1.73. The van der Waals surface area contributed by atoms with Crippen LogP contribution >= 0.6 is 0 Å². The van der Waals surface area contributed by atoms with Crippen LogP contribution in [0.1, 0.15) is 11.1 Å². The highest BCUT2D eigenvalue weighted by Gasteiger charge is 2.13. The van der Waals surface area contributed by atoms with Crippen molar-refractivity contribution in [1.29, 1.82) is 0 Å². The van der Waals surface area contributed by atoms with Gasteiger partial charge in [-0.15, -0.1) is 0 Å². The van der Waals surface area contributed by atoms with Crippen LogP contribution in [0.4, 0.5) is 5.69 Å². The van der Waals surface area contributed by atoms with Gasteiger partial charge in [0.2, 0.25) is 0 Å². The fourth-order valence-electron chi connectivity index (χ4n) is 2.23. The maximum atomic E-state index is 5.71. The number of nitrogens with zero attached hydrogens (tertiary/aromatic N) is 1. The molecule has 0 spiro atoms. The lowest BCUT2D eigenvalue weighted by molar-refractivity contribution is 0.357. The molecular weight excluding hydrogens is 212 g/mol. The van der Waals surface area contributed by atoms with Crippen molar-refractivity contribution in [1.82, 2.24) is 4.98 Å². The Morgan fingerprint density at radius 3 is 3.00 bits per heavy atom. The van der Waals surface area contributed by atoms with Gasteiger partial charge in [0.05, 0.1) is 24.2 Å². The Labute approximate surface area is 100 Å². The summed E-state index contributed by atoms with van der Waals surface area (Å²) in [6.07, 6.45) is 2.68. The lowest BCUT2D eigenvalue weighted by Gasteiger charge is -2.07. The summed E-state index contributed by atoms with van der Waals surface area (Å²) in [7, 11) is 0. The number of nitrogens with two attached hydrogens (primary N) is 1. The van der Waals surface area contributed by atoms with Crippen LogP contribution in [0.25, 0.3) is 11.3 Å². The number of ether oxygens (including phenoxy) is 1. The number of benzene rings is 1. The molecule has 3 heteroatoms. The zero-order chi connectivity index (χ0) is 11.8. The number of pyridine rings is 1. The van der Waals surface area contributed by atoms with E-state index in [2.05, 4.69) is 17.1 Å². The standard InChI is InChI=1S/C14H14N2O/c1-9-6-12(15)8-16-14(9)11-2-3-13-10(7-11)4-5-17-13/h2-3,6-8H,4-5,15H2,1H3. The molecule has 0 amide bonds. The van der Waals surface area contributed by atoms with E-state index in [4.69, 9.17) is 10.5 Å². The molecule has 0 atom stereocenters. The third-order valence-corrected chi connectivity index (χ3v) is 3.06. The lowest BCUT2D eigenvalue weighted by atomic mass is 10.0. The van der Waals surface area contributed by atoms with Crippen molar-refractivity contribution in [2.45, 2.75) is 13.3 Å². The molecule has 0 saturated carbocycles. The van der Waals surface area contributed by atoms with Gasteiger partial charge in [-0.3, -0.25) is 4.98 Å². The number of aromatic nitrogens is 1. The van der Waals surface area contributed by atoms with Gasteiger partial charge in [-0.25, -0.2) is 0 Å². The van der Waals surface area contributed by atoms with Crippen molar-refractivity contribution in [2.75, 3.05) is 12.3 Å². The van der Waals surface area contributed by atoms with E-state index in [1.165, 1.54) is 5.56 Å². The fraction of sp³-hybridized carbons (Fsp3) is 0.214. The Morgan fingerprint density at radius 1 is 1.29 bits per heavy atom. The molecule has 1 aromatic carbocycles. The molecule has 3 nitrogen and oxygen atoms in total. The molecule has 2 heterocycles. The van der Waals surface area contributed by atoms with Gasteiger partial charge in [-0.05, 0) is 42.3 Å². The van der Waals surface area contributed by atoms with Crippen molar-refractivity contribution in [3.63, 3.8) is 0 Å². The van der Waals surface area contributed by atoms with Gasteiger partial charge in [0.25, 0.3) is 0 Å². The minimum Gasteiger partial charge on any atom is -0.493 e. The van der Waals surface area contributed by atoms with E-state index in [0.29, 0.717) is 5.69 Å². The average molecular weight is 226 g/mol. The molecule has 0 saturated heterocycles. The van der Waals surface area contributed by atoms with Crippen LogP contribution in [-0.4, -0.2) is 11.6 Å². The summed E-state index contributed by atoms with van der Waals surface area (Å²) in [5.41, 5.74) is 10.9. The second kappa shape index (κ2) is 3.77. The predicted molar refractivity (Wildman–Crippen MR) is 68.0 cm³/mol. The Balaban J connectivity index is 2.09. The van der Waals surface area contributed by atoms with Crippen molar-refractivity contribution >= 4 is 5.69 Å². The number of aryl methyl sites for hydroxylation is 1. The molecule has 0 radical (unpaired) electrons. The van der Waals surface area contributed by atoms with Crippen molar-refractivity contribution < 1.29 is 4.74 Å².